The third kappa shape index (κ3) is 3.38. The maximum Gasteiger partial charge on any atom is 0.251 e. The Morgan fingerprint density at radius 1 is 1.20 bits per heavy atom. The fourth-order valence-corrected chi connectivity index (χ4v) is 3.77. The van der Waals surface area contributed by atoms with Crippen LogP contribution in [0, 0.1) is 6.92 Å². The predicted molar refractivity (Wildman–Crippen MR) is 95.2 cm³/mol. The molecule has 0 unspecified atom stereocenters. The van der Waals surface area contributed by atoms with Crippen LogP contribution >= 0.6 is 11.6 Å². The van der Waals surface area contributed by atoms with Gasteiger partial charge in [0, 0.05) is 24.2 Å². The number of nitrogens with zero attached hydrogens (tertiary/aromatic N) is 2. The minimum Gasteiger partial charge on any atom is -0.495 e. The SMILES string of the molecule is COc1cc(Cl)c(C)cc1N1C(=O)C[C@@H](N2C[C@@H](C)O[C@@H](C)C2)C1=O. The first-order valence-electron chi connectivity index (χ1n) is 8.42. The van der Waals surface area contributed by atoms with Crippen LogP contribution < -0.4 is 9.64 Å². The molecule has 25 heavy (non-hydrogen) atoms. The van der Waals surface area contributed by atoms with Crippen molar-refractivity contribution in [2.24, 2.45) is 0 Å². The Balaban J connectivity index is 1.91. The zero-order chi connectivity index (χ0) is 18.3. The molecule has 3 rings (SSSR count). The molecule has 0 aliphatic carbocycles. The second-order valence-electron chi connectivity index (χ2n) is 6.77. The van der Waals surface area contributed by atoms with E-state index >= 15 is 0 Å². The first-order valence-corrected chi connectivity index (χ1v) is 8.80. The highest BCUT2D eigenvalue weighted by Crippen LogP contribution is 2.37. The van der Waals surface area contributed by atoms with Crippen LogP contribution in [0.4, 0.5) is 5.69 Å². The third-order valence-electron chi connectivity index (χ3n) is 4.71. The summed E-state index contributed by atoms with van der Waals surface area (Å²) in [7, 11) is 1.50. The van der Waals surface area contributed by atoms with Gasteiger partial charge in [-0.1, -0.05) is 11.6 Å². The molecule has 1 aromatic rings. The Kier molecular flexibility index (Phi) is 5.04. The first-order chi connectivity index (χ1) is 11.8. The van der Waals surface area contributed by atoms with Gasteiger partial charge in [0.25, 0.3) is 5.91 Å². The minimum atomic E-state index is -0.456. The Bertz CT molecular complexity index is 699. The van der Waals surface area contributed by atoms with Gasteiger partial charge >= 0.3 is 0 Å². The number of hydrogen-bond donors (Lipinski definition) is 0. The Morgan fingerprint density at radius 3 is 2.44 bits per heavy atom. The standard InChI is InChI=1S/C18H23ClN2O4/c1-10-5-14(16(24-4)6-13(10)19)21-17(22)7-15(18(21)23)20-8-11(2)25-12(3)9-20/h5-6,11-12,15H,7-9H2,1-4H3/t11-,12+,15-/m1/s1. The highest BCUT2D eigenvalue weighted by atomic mass is 35.5. The monoisotopic (exact) mass is 366 g/mol. The van der Waals surface area contributed by atoms with Gasteiger partial charge in [-0.2, -0.15) is 0 Å². The molecule has 1 aromatic carbocycles. The molecule has 2 aliphatic rings. The normalized spacial score (nSPS) is 27.9. The number of halogens is 1. The topological polar surface area (TPSA) is 59.1 Å². The molecule has 2 heterocycles. The number of anilines is 1. The number of imide groups is 1. The Hall–Kier alpha value is -1.63. The highest BCUT2D eigenvalue weighted by Gasteiger charge is 2.45. The van der Waals surface area contributed by atoms with Gasteiger partial charge in [0.05, 0.1) is 37.5 Å². The number of rotatable bonds is 3. The second kappa shape index (κ2) is 6.94. The van der Waals surface area contributed by atoms with Crippen LogP contribution in [0.25, 0.3) is 0 Å². The van der Waals surface area contributed by atoms with Crippen molar-refractivity contribution in [3.8, 4) is 5.75 Å². The molecule has 0 saturated carbocycles. The summed E-state index contributed by atoms with van der Waals surface area (Å²) >= 11 is 6.14. The summed E-state index contributed by atoms with van der Waals surface area (Å²) in [5, 5.41) is 0.534. The van der Waals surface area contributed by atoms with Crippen LogP contribution in [0.15, 0.2) is 12.1 Å². The van der Waals surface area contributed by atoms with Gasteiger partial charge in [0.1, 0.15) is 5.75 Å². The lowest BCUT2D eigenvalue weighted by Gasteiger charge is -2.37. The summed E-state index contributed by atoms with van der Waals surface area (Å²) in [4.78, 5) is 28.9. The molecular formula is C18H23ClN2O4. The summed E-state index contributed by atoms with van der Waals surface area (Å²) in [5.74, 6) is -0.0187. The van der Waals surface area contributed by atoms with Crippen LogP contribution in [0.1, 0.15) is 25.8 Å². The molecule has 2 amide bonds. The number of hydrogen-bond acceptors (Lipinski definition) is 5. The van der Waals surface area contributed by atoms with Crippen molar-refractivity contribution < 1.29 is 19.1 Å². The molecule has 6 nitrogen and oxygen atoms in total. The zero-order valence-electron chi connectivity index (χ0n) is 14.9. The summed E-state index contributed by atoms with van der Waals surface area (Å²) in [6.45, 7) is 7.07. The third-order valence-corrected chi connectivity index (χ3v) is 5.12. The minimum absolute atomic E-state index is 0.0352. The van der Waals surface area contributed by atoms with E-state index in [1.54, 1.807) is 12.1 Å². The molecule has 2 saturated heterocycles. The van der Waals surface area contributed by atoms with Gasteiger partial charge in [-0.3, -0.25) is 14.5 Å². The summed E-state index contributed by atoms with van der Waals surface area (Å²) in [5.41, 5.74) is 1.24. The lowest BCUT2D eigenvalue weighted by atomic mass is 10.1. The van der Waals surface area contributed by atoms with Gasteiger partial charge in [0.2, 0.25) is 5.91 Å². The average Bonchev–Trinajstić information content (AvgIpc) is 2.83. The average molecular weight is 367 g/mol. The van der Waals surface area contributed by atoms with E-state index < -0.39 is 6.04 Å². The number of aryl methyl sites for hydroxylation is 1. The number of carbonyl (C=O) groups is 2. The molecule has 136 valence electrons. The second-order valence-corrected chi connectivity index (χ2v) is 7.18. The smallest absolute Gasteiger partial charge is 0.251 e. The van der Waals surface area contributed by atoms with E-state index in [-0.39, 0.29) is 30.4 Å². The predicted octanol–water partition coefficient (Wildman–Crippen LogP) is 2.40. The van der Waals surface area contributed by atoms with Gasteiger partial charge in [-0.05, 0) is 32.4 Å². The fraction of sp³-hybridized carbons (Fsp3) is 0.556. The molecule has 3 atom stereocenters. The number of carbonyl (C=O) groups excluding carboxylic acids is 2. The summed E-state index contributed by atoms with van der Waals surface area (Å²) in [6, 6.07) is 2.91. The van der Waals surface area contributed by atoms with E-state index in [4.69, 9.17) is 21.1 Å². The van der Waals surface area contributed by atoms with Gasteiger partial charge in [0.15, 0.2) is 0 Å². The Morgan fingerprint density at radius 2 is 1.84 bits per heavy atom. The lowest BCUT2D eigenvalue weighted by molar-refractivity contribution is -0.127. The van der Waals surface area contributed by atoms with Crippen molar-refractivity contribution in [2.45, 2.75) is 45.4 Å². The summed E-state index contributed by atoms with van der Waals surface area (Å²) in [6.07, 6.45) is 0.240. The largest absolute Gasteiger partial charge is 0.495 e. The van der Waals surface area contributed by atoms with Crippen molar-refractivity contribution in [1.82, 2.24) is 4.90 Å². The van der Waals surface area contributed by atoms with Crippen LogP contribution in [0.3, 0.4) is 0 Å². The van der Waals surface area contributed by atoms with Crippen LogP contribution in [0.2, 0.25) is 5.02 Å². The van der Waals surface area contributed by atoms with Crippen LogP contribution in [0.5, 0.6) is 5.75 Å². The molecule has 0 spiro atoms. The lowest BCUT2D eigenvalue weighted by Crippen LogP contribution is -2.52. The number of ether oxygens (including phenoxy) is 2. The van der Waals surface area contributed by atoms with Crippen molar-refractivity contribution >= 4 is 29.1 Å². The van der Waals surface area contributed by atoms with Crippen molar-refractivity contribution in [1.29, 1.82) is 0 Å². The van der Waals surface area contributed by atoms with E-state index in [9.17, 15) is 9.59 Å². The van der Waals surface area contributed by atoms with E-state index in [0.717, 1.165) is 5.56 Å². The van der Waals surface area contributed by atoms with Crippen molar-refractivity contribution in [2.75, 3.05) is 25.1 Å². The van der Waals surface area contributed by atoms with Crippen molar-refractivity contribution in [3.63, 3.8) is 0 Å². The van der Waals surface area contributed by atoms with Crippen LogP contribution in [-0.4, -0.2) is 55.2 Å². The zero-order valence-corrected chi connectivity index (χ0v) is 15.7. The van der Waals surface area contributed by atoms with Gasteiger partial charge < -0.3 is 9.47 Å². The Labute approximate surface area is 152 Å². The number of methoxy groups -OCH3 is 1. The molecule has 2 aliphatic heterocycles. The molecule has 0 bridgehead atoms. The van der Waals surface area contributed by atoms with E-state index in [1.807, 2.05) is 25.7 Å². The van der Waals surface area contributed by atoms with Gasteiger partial charge in [-0.25, -0.2) is 4.90 Å². The summed E-state index contributed by atoms with van der Waals surface area (Å²) < 4.78 is 11.1. The maximum absolute atomic E-state index is 13.0. The van der Waals surface area contributed by atoms with Crippen LogP contribution in [-0.2, 0) is 14.3 Å². The quantitative estimate of drug-likeness (QED) is 0.769. The first kappa shape index (κ1) is 18.2. The van der Waals surface area contributed by atoms with E-state index in [0.29, 0.717) is 29.5 Å². The van der Waals surface area contributed by atoms with Gasteiger partial charge in [-0.15, -0.1) is 0 Å². The molecule has 0 aromatic heterocycles. The number of benzene rings is 1. The molecule has 2 fully saturated rings. The molecule has 0 radical (unpaired) electrons. The number of morpholine rings is 1. The highest BCUT2D eigenvalue weighted by molar-refractivity contribution is 6.32. The molecule has 0 N–H and O–H groups in total. The van der Waals surface area contributed by atoms with E-state index in [1.165, 1.54) is 12.0 Å². The molecular weight excluding hydrogens is 344 g/mol. The fourth-order valence-electron chi connectivity index (χ4n) is 3.61. The van der Waals surface area contributed by atoms with Crippen molar-refractivity contribution in [3.05, 3.63) is 22.7 Å². The number of amides is 2. The maximum atomic E-state index is 13.0. The molecule has 7 heteroatoms. The van der Waals surface area contributed by atoms with E-state index in [2.05, 4.69) is 0 Å².